The lowest BCUT2D eigenvalue weighted by atomic mass is 9.99. The minimum atomic E-state index is -0.000000000000000444. The fourth-order valence-electron chi connectivity index (χ4n) is 1.69. The molecule has 0 N–H and O–H groups in total. The standard InChI is InChI=1S/C10H16N2S/c1-3-8(2)9(7-11)12-6-4-5-10(12)13/h8-9H,3-6H2,1-2H3. The molecule has 1 heterocycles. The first-order chi connectivity index (χ1) is 6.20. The molecule has 1 saturated heterocycles. The molecule has 72 valence electrons. The van der Waals surface area contributed by atoms with Gasteiger partial charge in [0.25, 0.3) is 0 Å². The zero-order chi connectivity index (χ0) is 9.84. The average molecular weight is 196 g/mol. The Kier molecular flexibility index (Phi) is 3.68. The van der Waals surface area contributed by atoms with Crippen molar-refractivity contribution in [2.45, 2.75) is 39.2 Å². The van der Waals surface area contributed by atoms with Gasteiger partial charge in [0, 0.05) is 6.54 Å². The maximum absolute atomic E-state index is 9.05. The summed E-state index contributed by atoms with van der Waals surface area (Å²) in [6.45, 7) is 5.21. The molecule has 0 aromatic rings. The SMILES string of the molecule is CCC(C)C(C#N)N1CCCC1=S. The molecule has 13 heavy (non-hydrogen) atoms. The van der Waals surface area contributed by atoms with Gasteiger partial charge in [0.15, 0.2) is 0 Å². The van der Waals surface area contributed by atoms with Crippen LogP contribution in [0, 0.1) is 17.2 Å². The van der Waals surface area contributed by atoms with Crippen LogP contribution >= 0.6 is 12.2 Å². The Bertz CT molecular complexity index is 232. The molecular weight excluding hydrogens is 180 g/mol. The largest absolute Gasteiger partial charge is 0.350 e. The maximum atomic E-state index is 9.05. The van der Waals surface area contributed by atoms with E-state index in [0.29, 0.717) is 5.92 Å². The first-order valence-corrected chi connectivity index (χ1v) is 5.30. The van der Waals surface area contributed by atoms with Crippen LogP contribution < -0.4 is 0 Å². The van der Waals surface area contributed by atoms with Gasteiger partial charge in [0.1, 0.15) is 6.04 Å². The summed E-state index contributed by atoms with van der Waals surface area (Å²) in [6.07, 6.45) is 3.15. The van der Waals surface area contributed by atoms with E-state index in [0.717, 1.165) is 30.8 Å². The number of hydrogen-bond donors (Lipinski definition) is 0. The molecule has 0 amide bonds. The fraction of sp³-hybridized carbons (Fsp3) is 0.800. The Morgan fingerprint density at radius 2 is 2.38 bits per heavy atom. The third-order valence-corrected chi connectivity index (χ3v) is 3.20. The topological polar surface area (TPSA) is 27.0 Å². The molecule has 1 aliphatic heterocycles. The number of thiocarbonyl (C=S) groups is 1. The van der Waals surface area contributed by atoms with Crippen molar-refractivity contribution in [1.82, 2.24) is 4.90 Å². The van der Waals surface area contributed by atoms with Crippen molar-refractivity contribution in [3.8, 4) is 6.07 Å². The smallest absolute Gasteiger partial charge is 0.119 e. The van der Waals surface area contributed by atoms with Gasteiger partial charge in [-0.15, -0.1) is 0 Å². The molecule has 0 bridgehead atoms. The van der Waals surface area contributed by atoms with Gasteiger partial charge in [-0.05, 0) is 18.8 Å². The van der Waals surface area contributed by atoms with Crippen molar-refractivity contribution in [2.24, 2.45) is 5.92 Å². The first kappa shape index (κ1) is 10.5. The van der Waals surface area contributed by atoms with Crippen LogP contribution in [-0.4, -0.2) is 22.5 Å². The molecular formula is C10H16N2S. The molecule has 0 saturated carbocycles. The van der Waals surface area contributed by atoms with Crippen molar-refractivity contribution in [1.29, 1.82) is 5.26 Å². The van der Waals surface area contributed by atoms with E-state index in [1.54, 1.807) is 0 Å². The minimum Gasteiger partial charge on any atom is -0.350 e. The van der Waals surface area contributed by atoms with Gasteiger partial charge in [0.05, 0.1) is 11.1 Å². The molecule has 2 unspecified atom stereocenters. The lowest BCUT2D eigenvalue weighted by Gasteiger charge is -2.28. The molecule has 2 nitrogen and oxygen atoms in total. The van der Waals surface area contributed by atoms with Gasteiger partial charge >= 0.3 is 0 Å². The zero-order valence-corrected chi connectivity index (χ0v) is 9.10. The van der Waals surface area contributed by atoms with E-state index < -0.39 is 0 Å². The summed E-state index contributed by atoms with van der Waals surface area (Å²) in [4.78, 5) is 3.08. The second-order valence-electron chi connectivity index (χ2n) is 3.65. The van der Waals surface area contributed by atoms with Gasteiger partial charge < -0.3 is 4.90 Å². The number of likely N-dealkylation sites (tertiary alicyclic amines) is 1. The van der Waals surface area contributed by atoms with Crippen molar-refractivity contribution < 1.29 is 0 Å². The molecule has 0 aliphatic carbocycles. The normalized spacial score (nSPS) is 21.3. The Balaban J connectivity index is 2.66. The summed E-state index contributed by atoms with van der Waals surface area (Å²) in [6, 6.07) is 2.36. The molecule has 0 aromatic heterocycles. The van der Waals surface area contributed by atoms with Gasteiger partial charge in [-0.2, -0.15) is 5.26 Å². The van der Waals surface area contributed by atoms with E-state index in [-0.39, 0.29) is 6.04 Å². The number of hydrogen-bond acceptors (Lipinski definition) is 2. The highest BCUT2D eigenvalue weighted by Gasteiger charge is 2.28. The predicted molar refractivity (Wildman–Crippen MR) is 57.4 cm³/mol. The number of rotatable bonds is 3. The van der Waals surface area contributed by atoms with Crippen molar-refractivity contribution in [2.75, 3.05) is 6.54 Å². The number of nitrogens with zero attached hydrogens (tertiary/aromatic N) is 2. The summed E-state index contributed by atoms with van der Waals surface area (Å²) >= 11 is 5.22. The van der Waals surface area contributed by atoms with Crippen molar-refractivity contribution in [3.63, 3.8) is 0 Å². The number of nitriles is 1. The van der Waals surface area contributed by atoms with Crippen molar-refractivity contribution in [3.05, 3.63) is 0 Å². The Hall–Kier alpha value is -0.620. The van der Waals surface area contributed by atoms with Gasteiger partial charge in [-0.1, -0.05) is 32.5 Å². The van der Waals surface area contributed by atoms with E-state index in [9.17, 15) is 0 Å². The lowest BCUT2D eigenvalue weighted by molar-refractivity contribution is 0.304. The summed E-state index contributed by atoms with van der Waals surface area (Å²) in [5.41, 5.74) is 0. The van der Waals surface area contributed by atoms with Gasteiger partial charge in [-0.3, -0.25) is 0 Å². The Morgan fingerprint density at radius 1 is 1.69 bits per heavy atom. The zero-order valence-electron chi connectivity index (χ0n) is 8.29. The molecule has 0 aromatic carbocycles. The van der Waals surface area contributed by atoms with Gasteiger partial charge in [0.2, 0.25) is 0 Å². The van der Waals surface area contributed by atoms with Crippen molar-refractivity contribution >= 4 is 17.2 Å². The second-order valence-corrected chi connectivity index (χ2v) is 4.12. The predicted octanol–water partition coefficient (Wildman–Crippen LogP) is 2.35. The first-order valence-electron chi connectivity index (χ1n) is 4.89. The Morgan fingerprint density at radius 3 is 2.77 bits per heavy atom. The van der Waals surface area contributed by atoms with Crippen LogP contribution in [0.2, 0.25) is 0 Å². The summed E-state index contributed by atoms with van der Waals surface area (Å²) in [7, 11) is 0. The van der Waals surface area contributed by atoms with Crippen LogP contribution in [-0.2, 0) is 0 Å². The molecule has 1 rings (SSSR count). The van der Waals surface area contributed by atoms with Crippen LogP contribution in [0.3, 0.4) is 0 Å². The fourth-order valence-corrected chi connectivity index (χ4v) is 2.04. The molecule has 1 fully saturated rings. The molecule has 0 radical (unpaired) electrons. The third kappa shape index (κ3) is 2.19. The van der Waals surface area contributed by atoms with Gasteiger partial charge in [-0.25, -0.2) is 0 Å². The maximum Gasteiger partial charge on any atom is 0.119 e. The quantitative estimate of drug-likeness (QED) is 0.648. The van der Waals surface area contributed by atoms with Crippen LogP contribution in [0.5, 0.6) is 0 Å². The van der Waals surface area contributed by atoms with Crippen LogP contribution in [0.4, 0.5) is 0 Å². The molecule has 1 aliphatic rings. The summed E-state index contributed by atoms with van der Waals surface area (Å²) in [5, 5.41) is 9.05. The van der Waals surface area contributed by atoms with Crippen LogP contribution in [0.1, 0.15) is 33.1 Å². The van der Waals surface area contributed by atoms with E-state index in [4.69, 9.17) is 17.5 Å². The Labute approximate surface area is 85.5 Å². The second kappa shape index (κ2) is 4.57. The van der Waals surface area contributed by atoms with E-state index in [1.807, 2.05) is 0 Å². The summed E-state index contributed by atoms with van der Waals surface area (Å²) in [5.74, 6) is 0.418. The minimum absolute atomic E-state index is 0.000000000000000444. The highest BCUT2D eigenvalue weighted by atomic mass is 32.1. The third-order valence-electron chi connectivity index (χ3n) is 2.76. The molecule has 0 spiro atoms. The monoisotopic (exact) mass is 196 g/mol. The van der Waals surface area contributed by atoms with Crippen LogP contribution in [0.15, 0.2) is 0 Å². The van der Waals surface area contributed by atoms with E-state index in [1.165, 1.54) is 0 Å². The summed E-state index contributed by atoms with van der Waals surface area (Å²) < 4.78 is 0. The highest BCUT2D eigenvalue weighted by Crippen LogP contribution is 2.21. The highest BCUT2D eigenvalue weighted by molar-refractivity contribution is 7.80. The van der Waals surface area contributed by atoms with E-state index >= 15 is 0 Å². The van der Waals surface area contributed by atoms with E-state index in [2.05, 4.69) is 24.8 Å². The molecule has 3 heteroatoms. The lowest BCUT2D eigenvalue weighted by Crippen LogP contribution is -2.38. The van der Waals surface area contributed by atoms with Crippen LogP contribution in [0.25, 0.3) is 0 Å². The molecule has 2 atom stereocenters. The average Bonchev–Trinajstić information content (AvgIpc) is 2.53.